The molecule has 1 amide bonds. The zero-order valence-corrected chi connectivity index (χ0v) is 16.5. The molecule has 1 fully saturated rings. The lowest BCUT2D eigenvalue weighted by Gasteiger charge is -2.34. The molecule has 140 valence electrons. The molecule has 3 rings (SSSR count). The van der Waals surface area contributed by atoms with Gasteiger partial charge in [0, 0.05) is 37.3 Å². The van der Waals surface area contributed by atoms with Crippen molar-refractivity contribution >= 4 is 17.2 Å². The maximum atomic E-state index is 13.1. The highest BCUT2D eigenvalue weighted by molar-refractivity contribution is 7.10. The molecule has 1 saturated heterocycles. The molecule has 0 atom stereocenters. The summed E-state index contributed by atoms with van der Waals surface area (Å²) < 4.78 is 0. The van der Waals surface area contributed by atoms with Gasteiger partial charge in [0.1, 0.15) is 0 Å². The first-order chi connectivity index (χ1) is 12.7. The summed E-state index contributed by atoms with van der Waals surface area (Å²) in [5, 5.41) is 2.10. The van der Waals surface area contributed by atoms with Gasteiger partial charge in [-0.15, -0.1) is 11.3 Å². The molecule has 2 aromatic heterocycles. The first kappa shape index (κ1) is 19.0. The van der Waals surface area contributed by atoms with E-state index in [2.05, 4.69) is 40.1 Å². The van der Waals surface area contributed by atoms with E-state index in [0.29, 0.717) is 19.6 Å². The van der Waals surface area contributed by atoms with E-state index in [0.717, 1.165) is 38.4 Å². The number of aryl methyl sites for hydroxylation is 1. The second-order valence-electron chi connectivity index (χ2n) is 6.81. The van der Waals surface area contributed by atoms with Crippen molar-refractivity contribution < 1.29 is 4.79 Å². The summed E-state index contributed by atoms with van der Waals surface area (Å²) in [6, 6.07) is 7.99. The summed E-state index contributed by atoms with van der Waals surface area (Å²) >= 11 is 1.72. The number of carbonyl (C=O) groups is 1. The van der Waals surface area contributed by atoms with Crippen LogP contribution < -0.4 is 0 Å². The Kier molecular flexibility index (Phi) is 6.77. The fourth-order valence-electron chi connectivity index (χ4n) is 3.21. The molecule has 0 aliphatic carbocycles. The van der Waals surface area contributed by atoms with E-state index in [1.165, 1.54) is 10.4 Å². The minimum Gasteiger partial charge on any atom is -0.331 e. The van der Waals surface area contributed by atoms with Crippen molar-refractivity contribution in [1.29, 1.82) is 0 Å². The Morgan fingerprint density at radius 2 is 1.92 bits per heavy atom. The smallest absolute Gasteiger partial charge is 0.237 e. The minimum atomic E-state index is 0.188. The van der Waals surface area contributed by atoms with Crippen LogP contribution in [0, 0.1) is 6.92 Å². The third-order valence-electron chi connectivity index (χ3n) is 5.01. The van der Waals surface area contributed by atoms with E-state index in [-0.39, 0.29) is 5.91 Å². The summed E-state index contributed by atoms with van der Waals surface area (Å²) in [5.41, 5.74) is 2.19. The van der Waals surface area contributed by atoms with Crippen LogP contribution in [-0.4, -0.2) is 64.9 Å². The Hall–Kier alpha value is -1.76. The van der Waals surface area contributed by atoms with Crippen LogP contribution in [0.5, 0.6) is 0 Å². The van der Waals surface area contributed by atoms with Gasteiger partial charge in [0.25, 0.3) is 0 Å². The van der Waals surface area contributed by atoms with Crippen LogP contribution in [0.1, 0.15) is 23.1 Å². The van der Waals surface area contributed by atoms with Gasteiger partial charge in [-0.1, -0.05) is 13.0 Å². The van der Waals surface area contributed by atoms with Gasteiger partial charge in [-0.2, -0.15) is 0 Å². The van der Waals surface area contributed by atoms with Crippen molar-refractivity contribution in [2.45, 2.75) is 26.9 Å². The quantitative estimate of drug-likeness (QED) is 0.749. The van der Waals surface area contributed by atoms with E-state index in [4.69, 9.17) is 0 Å². The van der Waals surface area contributed by atoms with Gasteiger partial charge in [0.15, 0.2) is 0 Å². The average Bonchev–Trinajstić information content (AvgIpc) is 3.07. The van der Waals surface area contributed by atoms with E-state index >= 15 is 0 Å². The lowest BCUT2D eigenvalue weighted by atomic mass is 10.2. The Bertz CT molecular complexity index is 695. The highest BCUT2D eigenvalue weighted by Crippen LogP contribution is 2.19. The van der Waals surface area contributed by atoms with Crippen LogP contribution in [0.15, 0.2) is 35.8 Å². The van der Waals surface area contributed by atoms with Crippen molar-refractivity contribution in [2.24, 2.45) is 0 Å². The molecule has 3 heterocycles. The monoisotopic (exact) mass is 372 g/mol. The zero-order chi connectivity index (χ0) is 18.4. The van der Waals surface area contributed by atoms with Crippen LogP contribution >= 0.6 is 11.3 Å². The highest BCUT2D eigenvalue weighted by atomic mass is 32.1. The number of pyridine rings is 1. The molecule has 0 radical (unpaired) electrons. The van der Waals surface area contributed by atoms with Crippen molar-refractivity contribution in [3.8, 4) is 0 Å². The summed E-state index contributed by atoms with van der Waals surface area (Å²) in [4.78, 5) is 25.4. The number of hydrogen-bond acceptors (Lipinski definition) is 5. The van der Waals surface area contributed by atoms with Crippen molar-refractivity contribution in [1.82, 2.24) is 19.7 Å². The van der Waals surface area contributed by atoms with Gasteiger partial charge in [0.2, 0.25) is 5.91 Å². The molecular formula is C20H28N4OS. The normalized spacial score (nSPS) is 15.9. The van der Waals surface area contributed by atoms with Crippen LogP contribution in [0.3, 0.4) is 0 Å². The summed E-state index contributed by atoms with van der Waals surface area (Å²) in [6.07, 6.45) is 1.79. The Labute approximate surface area is 160 Å². The lowest BCUT2D eigenvalue weighted by Crippen LogP contribution is -2.49. The number of aromatic nitrogens is 1. The molecule has 0 spiro atoms. The second-order valence-corrected chi connectivity index (χ2v) is 7.81. The number of likely N-dealkylation sites (N-methyl/N-ethyl adjacent to an activating group) is 1. The van der Waals surface area contributed by atoms with Crippen molar-refractivity contribution in [3.63, 3.8) is 0 Å². The number of thiophene rings is 1. The third kappa shape index (κ3) is 5.13. The van der Waals surface area contributed by atoms with Gasteiger partial charge < -0.3 is 9.80 Å². The standard InChI is InChI=1S/C20H28N4OS/c1-3-22-9-11-23(12-10-22)16-20(25)24(14-18-6-4-5-8-21-18)15-19-17(2)7-13-26-19/h4-8,13H,3,9-12,14-16H2,1-2H3. The van der Waals surface area contributed by atoms with Gasteiger partial charge in [-0.05, 0) is 42.6 Å². The van der Waals surface area contributed by atoms with Gasteiger partial charge >= 0.3 is 0 Å². The Morgan fingerprint density at radius 1 is 1.15 bits per heavy atom. The molecule has 0 aromatic carbocycles. The topological polar surface area (TPSA) is 39.7 Å². The first-order valence-electron chi connectivity index (χ1n) is 9.31. The maximum Gasteiger partial charge on any atom is 0.237 e. The van der Waals surface area contributed by atoms with Crippen molar-refractivity contribution in [2.75, 3.05) is 39.3 Å². The number of amides is 1. The fraction of sp³-hybridized carbons (Fsp3) is 0.500. The van der Waals surface area contributed by atoms with Crippen LogP contribution in [0.4, 0.5) is 0 Å². The molecule has 0 saturated carbocycles. The first-order valence-corrected chi connectivity index (χ1v) is 10.2. The Morgan fingerprint density at radius 3 is 2.54 bits per heavy atom. The van der Waals surface area contributed by atoms with E-state index in [9.17, 15) is 4.79 Å². The van der Waals surface area contributed by atoms with Gasteiger partial charge in [-0.3, -0.25) is 14.7 Å². The number of piperazine rings is 1. The lowest BCUT2D eigenvalue weighted by molar-refractivity contribution is -0.134. The van der Waals surface area contributed by atoms with Crippen LogP contribution in [-0.2, 0) is 17.9 Å². The predicted molar refractivity (Wildman–Crippen MR) is 106 cm³/mol. The van der Waals surface area contributed by atoms with E-state index < -0.39 is 0 Å². The van der Waals surface area contributed by atoms with Gasteiger partial charge in [0.05, 0.1) is 25.3 Å². The predicted octanol–water partition coefficient (Wildman–Crippen LogP) is 2.62. The average molecular weight is 373 g/mol. The fourth-order valence-corrected chi connectivity index (χ4v) is 4.13. The molecule has 5 nitrogen and oxygen atoms in total. The number of carbonyl (C=O) groups excluding carboxylic acids is 1. The number of rotatable bonds is 7. The zero-order valence-electron chi connectivity index (χ0n) is 15.7. The largest absolute Gasteiger partial charge is 0.331 e. The summed E-state index contributed by atoms with van der Waals surface area (Å²) in [5.74, 6) is 0.188. The van der Waals surface area contributed by atoms with E-state index in [1.54, 1.807) is 17.5 Å². The number of hydrogen-bond donors (Lipinski definition) is 0. The molecule has 1 aliphatic heterocycles. The third-order valence-corrected chi connectivity index (χ3v) is 6.01. The second kappa shape index (κ2) is 9.26. The van der Waals surface area contributed by atoms with Crippen LogP contribution in [0.25, 0.3) is 0 Å². The SMILES string of the molecule is CCN1CCN(CC(=O)N(Cc2ccccn2)Cc2sccc2C)CC1. The number of nitrogens with zero attached hydrogens (tertiary/aromatic N) is 4. The van der Waals surface area contributed by atoms with Crippen molar-refractivity contribution in [3.05, 3.63) is 52.0 Å². The molecular weight excluding hydrogens is 344 g/mol. The molecule has 26 heavy (non-hydrogen) atoms. The summed E-state index contributed by atoms with van der Waals surface area (Å²) in [6.45, 7) is 11.1. The molecule has 0 bridgehead atoms. The molecule has 0 unspecified atom stereocenters. The maximum absolute atomic E-state index is 13.1. The molecule has 0 N–H and O–H groups in total. The van der Waals surface area contributed by atoms with Crippen LogP contribution in [0.2, 0.25) is 0 Å². The van der Waals surface area contributed by atoms with E-state index in [1.807, 2.05) is 23.1 Å². The molecule has 6 heteroatoms. The molecule has 1 aliphatic rings. The summed E-state index contributed by atoms with van der Waals surface area (Å²) in [7, 11) is 0. The highest BCUT2D eigenvalue weighted by Gasteiger charge is 2.22. The molecule has 2 aromatic rings. The Balaban J connectivity index is 1.66. The van der Waals surface area contributed by atoms with Gasteiger partial charge in [-0.25, -0.2) is 0 Å². The minimum absolute atomic E-state index is 0.188.